The van der Waals surface area contributed by atoms with Gasteiger partial charge in [-0.25, -0.2) is 0 Å². The average molecular weight is 307 g/mol. The van der Waals surface area contributed by atoms with Gasteiger partial charge in [-0.2, -0.15) is 0 Å². The second kappa shape index (κ2) is 11.9. The minimum atomic E-state index is -5.62. The first-order valence-corrected chi connectivity index (χ1v) is 5.09. The van der Waals surface area contributed by atoms with E-state index in [9.17, 15) is 0 Å². The van der Waals surface area contributed by atoms with Gasteiger partial charge >= 0.3 is 114 Å². The molecule has 0 saturated carbocycles. The number of rotatable bonds is 0. The molecule has 0 aromatic rings. The van der Waals surface area contributed by atoms with Gasteiger partial charge in [0.05, 0.1) is 0 Å². The van der Waals surface area contributed by atoms with Gasteiger partial charge < -0.3 is 0 Å². The van der Waals surface area contributed by atoms with Crippen molar-refractivity contribution in [1.82, 2.24) is 0 Å². The Morgan fingerprint density at radius 1 is 0.615 bits per heavy atom. The zero-order valence-corrected chi connectivity index (χ0v) is 9.94. The molecule has 0 aliphatic carbocycles. The van der Waals surface area contributed by atoms with Crippen LogP contribution in [0.4, 0.5) is 0 Å². The van der Waals surface area contributed by atoms with Crippen LogP contribution in [0.25, 0.3) is 0 Å². The monoisotopic (exact) mass is 307 g/mol. The van der Waals surface area contributed by atoms with E-state index in [0.717, 1.165) is 0 Å². The summed E-state index contributed by atoms with van der Waals surface area (Å²) >= 11 is -11.2. The summed E-state index contributed by atoms with van der Waals surface area (Å²) in [6.07, 6.45) is 0. The maximum absolute atomic E-state index is 8.58. The van der Waals surface area contributed by atoms with E-state index < -0.39 is 26.7 Å². The number of hydrogen-bond donors (Lipinski definition) is 0. The molecule has 1 radical (unpaired) electrons. The van der Waals surface area contributed by atoms with Crippen LogP contribution in [0.5, 0.6) is 0 Å². The average Bonchev–Trinajstić information content (AvgIpc) is 1.12. The third kappa shape index (κ3) is 597. The Bertz CT molecular complexity index is 214. The summed E-state index contributed by atoms with van der Waals surface area (Å²) in [6.45, 7) is 0. The van der Waals surface area contributed by atoms with Crippen molar-refractivity contribution in [3.63, 3.8) is 0 Å². The molecule has 0 unspecified atom stereocenters. The Kier molecular flexibility index (Phi) is 26.8. The summed E-state index contributed by atoms with van der Waals surface area (Å²) in [6, 6.07) is 0. The van der Waals surface area contributed by atoms with Gasteiger partial charge in [0.2, 0.25) is 0 Å². The Balaban J connectivity index is -0.0000000267. The zero-order valence-electron chi connectivity index (χ0n) is 6.40. The molecular formula is Li2Mn3O8. The van der Waals surface area contributed by atoms with Gasteiger partial charge in [0, 0.05) is 0 Å². The SMILES string of the molecule is [Li+].[Li+].[Mn+2].[O]=[Mn](=[O])([O-])[O-].[O]=[Mn](=[O])([O-])[O-]. The standard InChI is InChI=1S/2Li.3Mn.8O/q2*+1;;;+2;;;;;4*-1. The van der Waals surface area contributed by atoms with Crippen molar-refractivity contribution >= 4 is 0 Å². The minimum absolute atomic E-state index is 0. The Hall–Kier alpha value is 1.79. The molecule has 71 valence electrons. The normalized spacial score (nSPS) is 8.92. The van der Waals surface area contributed by atoms with Crippen LogP contribution < -0.4 is 54.5 Å². The molecule has 0 rings (SSSR count). The quantitative estimate of drug-likeness (QED) is 0.398. The van der Waals surface area contributed by atoms with Gasteiger partial charge in [0.15, 0.2) is 0 Å². The summed E-state index contributed by atoms with van der Waals surface area (Å²) in [5.41, 5.74) is 0. The second-order valence-electron chi connectivity index (χ2n) is 0.756. The second-order valence-corrected chi connectivity index (χ2v) is 3.12. The van der Waals surface area contributed by atoms with Crippen LogP contribution in [-0.4, -0.2) is 0 Å². The van der Waals surface area contributed by atoms with E-state index in [4.69, 9.17) is 32.1 Å². The molecule has 13 heavy (non-hydrogen) atoms. The molecule has 0 saturated heterocycles. The Labute approximate surface area is 112 Å². The molecule has 0 aromatic heterocycles. The van der Waals surface area contributed by atoms with Crippen molar-refractivity contribution in [1.29, 1.82) is 0 Å². The molecule has 0 N–H and O–H groups in total. The molecule has 0 aliphatic heterocycles. The molecule has 0 spiro atoms. The van der Waals surface area contributed by atoms with E-state index in [0.29, 0.717) is 0 Å². The molecule has 0 amide bonds. The van der Waals surface area contributed by atoms with Gasteiger partial charge in [-0.15, -0.1) is 0 Å². The molecule has 13 heteroatoms. The van der Waals surface area contributed by atoms with Gasteiger partial charge in [-0.3, -0.25) is 0 Å². The third-order valence-corrected chi connectivity index (χ3v) is 0. The van der Waals surface area contributed by atoms with Crippen LogP contribution in [0.2, 0.25) is 0 Å². The van der Waals surface area contributed by atoms with Crippen molar-refractivity contribution in [2.75, 3.05) is 0 Å². The summed E-state index contributed by atoms with van der Waals surface area (Å²) in [4.78, 5) is 0. The van der Waals surface area contributed by atoms with Crippen LogP contribution in [-0.2, 0) is 59.1 Å². The van der Waals surface area contributed by atoms with E-state index in [1.807, 2.05) is 0 Å². The van der Waals surface area contributed by atoms with E-state index in [2.05, 4.69) is 0 Å². The van der Waals surface area contributed by atoms with E-state index in [1.54, 1.807) is 0 Å². The fourth-order valence-corrected chi connectivity index (χ4v) is 0. The Morgan fingerprint density at radius 2 is 0.615 bits per heavy atom. The fourth-order valence-electron chi connectivity index (χ4n) is 0. The topological polar surface area (TPSA) is 161 Å². The van der Waals surface area contributed by atoms with Gasteiger partial charge in [0.25, 0.3) is 0 Å². The Morgan fingerprint density at radius 3 is 0.615 bits per heavy atom. The number of hydrogen-bond acceptors (Lipinski definition) is 8. The zero-order chi connectivity index (χ0) is 9.00. The molecule has 0 fully saturated rings. The van der Waals surface area contributed by atoms with Crippen molar-refractivity contribution in [3.8, 4) is 0 Å². The summed E-state index contributed by atoms with van der Waals surface area (Å²) in [5, 5.41) is 0. The van der Waals surface area contributed by atoms with Crippen LogP contribution in [0, 0.1) is 0 Å². The molecule has 8 nitrogen and oxygen atoms in total. The summed E-state index contributed by atoms with van der Waals surface area (Å²) < 4.78 is 68.6. The van der Waals surface area contributed by atoms with E-state index in [-0.39, 0.29) is 54.8 Å². The fraction of sp³-hybridized carbons (Fsp3) is 0. The molecule has 0 atom stereocenters. The molecule has 0 heterocycles. The molecular weight excluding hydrogens is 307 g/mol. The predicted octanol–water partition coefficient (Wildman–Crippen LogP) is -11.2. The van der Waals surface area contributed by atoms with Gasteiger partial charge in [0.1, 0.15) is 0 Å². The first kappa shape index (κ1) is 29.3. The van der Waals surface area contributed by atoms with Gasteiger partial charge in [-0.05, 0) is 0 Å². The molecule has 0 bridgehead atoms. The van der Waals surface area contributed by atoms with Crippen molar-refractivity contribution in [2.45, 2.75) is 0 Å². The first-order chi connectivity index (χ1) is 4.00. The summed E-state index contributed by atoms with van der Waals surface area (Å²) in [7, 11) is 0. The van der Waals surface area contributed by atoms with Crippen LogP contribution in [0.15, 0.2) is 0 Å². The molecule has 0 aliphatic rings. The third-order valence-electron chi connectivity index (χ3n) is 0. The van der Waals surface area contributed by atoms with Crippen LogP contribution in [0.1, 0.15) is 0 Å². The van der Waals surface area contributed by atoms with Crippen molar-refractivity contribution < 1.29 is 114 Å². The first-order valence-electron chi connectivity index (χ1n) is 1.23. The predicted molar refractivity (Wildman–Crippen MR) is 2.75 cm³/mol. The van der Waals surface area contributed by atoms with Gasteiger partial charge in [-0.1, -0.05) is 0 Å². The van der Waals surface area contributed by atoms with E-state index >= 15 is 0 Å². The van der Waals surface area contributed by atoms with E-state index in [1.165, 1.54) is 0 Å². The molecule has 0 aromatic carbocycles. The van der Waals surface area contributed by atoms with Crippen LogP contribution in [0.3, 0.4) is 0 Å². The van der Waals surface area contributed by atoms with Crippen LogP contribution >= 0.6 is 0 Å². The summed E-state index contributed by atoms with van der Waals surface area (Å²) in [5.74, 6) is 0. The van der Waals surface area contributed by atoms with Crippen molar-refractivity contribution in [2.24, 2.45) is 0 Å². The maximum atomic E-state index is 8.58. The van der Waals surface area contributed by atoms with Crippen molar-refractivity contribution in [3.05, 3.63) is 0 Å².